The van der Waals surface area contributed by atoms with Crippen molar-refractivity contribution in [1.82, 2.24) is 9.62 Å². The van der Waals surface area contributed by atoms with Crippen LogP contribution in [0.2, 0.25) is 0 Å². The maximum Gasteiger partial charge on any atom is 0.243 e. The second-order valence-electron chi connectivity index (χ2n) is 8.21. The fourth-order valence-corrected chi connectivity index (χ4v) is 6.65. The summed E-state index contributed by atoms with van der Waals surface area (Å²) in [5.41, 5.74) is 1.67. The molecule has 0 spiro atoms. The van der Waals surface area contributed by atoms with Gasteiger partial charge in [0.25, 0.3) is 0 Å². The summed E-state index contributed by atoms with van der Waals surface area (Å²) in [6.07, 6.45) is 1.66. The molecule has 0 radical (unpaired) electrons. The van der Waals surface area contributed by atoms with Crippen molar-refractivity contribution in [3.05, 3.63) is 46.2 Å². The van der Waals surface area contributed by atoms with Crippen molar-refractivity contribution in [1.29, 1.82) is 0 Å². The third-order valence-corrected chi connectivity index (χ3v) is 8.86. The molecule has 2 aliphatic heterocycles. The summed E-state index contributed by atoms with van der Waals surface area (Å²) < 4.78 is 27.8. The lowest BCUT2D eigenvalue weighted by Gasteiger charge is -2.30. The number of benzene rings is 1. The smallest absolute Gasteiger partial charge is 0.243 e. The van der Waals surface area contributed by atoms with Crippen LogP contribution < -0.4 is 10.2 Å². The zero-order chi connectivity index (χ0) is 22.2. The van der Waals surface area contributed by atoms with Gasteiger partial charge in [0.1, 0.15) is 0 Å². The number of fused-ring (bicyclic) bond motifs is 1. The molecule has 2 aliphatic rings. The summed E-state index contributed by atoms with van der Waals surface area (Å²) in [5.74, 6) is -0.223. The number of sulfonamides is 1. The van der Waals surface area contributed by atoms with E-state index in [2.05, 4.69) is 5.32 Å². The zero-order valence-electron chi connectivity index (χ0n) is 17.7. The molecule has 1 aromatic heterocycles. The molecule has 0 bridgehead atoms. The van der Waals surface area contributed by atoms with E-state index in [0.29, 0.717) is 38.9 Å². The first-order valence-corrected chi connectivity index (χ1v) is 12.8. The Labute approximate surface area is 187 Å². The van der Waals surface area contributed by atoms with Gasteiger partial charge in [-0.15, -0.1) is 11.3 Å². The number of nitrogens with one attached hydrogen (secondary N) is 1. The molecule has 3 heterocycles. The van der Waals surface area contributed by atoms with Crippen molar-refractivity contribution < 1.29 is 18.0 Å². The van der Waals surface area contributed by atoms with Crippen LogP contribution >= 0.6 is 11.3 Å². The monoisotopic (exact) mass is 461 g/mol. The third kappa shape index (κ3) is 4.40. The van der Waals surface area contributed by atoms with Crippen LogP contribution in [0.3, 0.4) is 0 Å². The first kappa shape index (κ1) is 22.0. The second-order valence-corrected chi connectivity index (χ2v) is 11.2. The SMILES string of the molecule is CC(=O)N1c2ccc(S(=O)(=O)N3CCC(C(=O)NCc4cccs4)CC3)cc2C[C@@H]1C. The topological polar surface area (TPSA) is 86.8 Å². The molecule has 2 aromatic rings. The summed E-state index contributed by atoms with van der Waals surface area (Å²) in [4.78, 5) is 27.4. The van der Waals surface area contributed by atoms with Gasteiger partial charge < -0.3 is 10.2 Å². The van der Waals surface area contributed by atoms with E-state index in [0.717, 1.165) is 16.1 Å². The van der Waals surface area contributed by atoms with Crippen LogP contribution in [0.5, 0.6) is 0 Å². The largest absolute Gasteiger partial charge is 0.351 e. The van der Waals surface area contributed by atoms with Crippen LogP contribution in [0, 0.1) is 5.92 Å². The van der Waals surface area contributed by atoms with Gasteiger partial charge in [0, 0.05) is 42.5 Å². The maximum atomic E-state index is 13.2. The van der Waals surface area contributed by atoms with Gasteiger partial charge >= 0.3 is 0 Å². The molecule has 1 fully saturated rings. The van der Waals surface area contributed by atoms with Crippen molar-refractivity contribution in [2.24, 2.45) is 5.92 Å². The number of rotatable bonds is 5. The highest BCUT2D eigenvalue weighted by Gasteiger charge is 2.34. The van der Waals surface area contributed by atoms with Crippen LogP contribution in [-0.2, 0) is 32.6 Å². The van der Waals surface area contributed by atoms with E-state index >= 15 is 0 Å². The molecule has 2 amide bonds. The second kappa shape index (κ2) is 8.72. The summed E-state index contributed by atoms with van der Waals surface area (Å²) in [7, 11) is -3.64. The van der Waals surface area contributed by atoms with E-state index in [9.17, 15) is 18.0 Å². The Morgan fingerprint density at radius 3 is 2.58 bits per heavy atom. The highest BCUT2D eigenvalue weighted by atomic mass is 32.2. The van der Waals surface area contributed by atoms with Crippen LogP contribution in [0.25, 0.3) is 0 Å². The number of carbonyl (C=O) groups is 2. The first-order valence-electron chi connectivity index (χ1n) is 10.5. The molecule has 1 N–H and O–H groups in total. The van der Waals surface area contributed by atoms with Crippen molar-refractivity contribution in [3.63, 3.8) is 0 Å². The van der Waals surface area contributed by atoms with Crippen LogP contribution in [0.1, 0.15) is 37.1 Å². The molecule has 4 rings (SSSR count). The number of carbonyl (C=O) groups excluding carboxylic acids is 2. The number of anilines is 1. The van der Waals surface area contributed by atoms with Crippen LogP contribution in [-0.4, -0.2) is 43.7 Å². The summed E-state index contributed by atoms with van der Waals surface area (Å²) in [5, 5.41) is 4.93. The number of hydrogen-bond donors (Lipinski definition) is 1. The molecule has 7 nitrogen and oxygen atoms in total. The van der Waals surface area contributed by atoms with Crippen LogP contribution in [0.15, 0.2) is 40.6 Å². The van der Waals surface area contributed by atoms with Gasteiger partial charge in [-0.05, 0) is 61.4 Å². The normalized spacial score (nSPS) is 19.9. The minimum Gasteiger partial charge on any atom is -0.351 e. The molecule has 1 saturated heterocycles. The fraction of sp³-hybridized carbons (Fsp3) is 0.455. The van der Waals surface area contributed by atoms with Crippen LogP contribution in [0.4, 0.5) is 5.69 Å². The number of piperidine rings is 1. The molecule has 1 atom stereocenters. The van der Waals surface area contributed by atoms with E-state index in [1.807, 2.05) is 24.4 Å². The van der Waals surface area contributed by atoms with Gasteiger partial charge in [-0.3, -0.25) is 9.59 Å². The van der Waals surface area contributed by atoms with Gasteiger partial charge in [0.05, 0.1) is 11.4 Å². The van der Waals surface area contributed by atoms with Gasteiger partial charge in [0.15, 0.2) is 0 Å². The molecular weight excluding hydrogens is 434 g/mol. The predicted octanol–water partition coefficient (Wildman–Crippen LogP) is 2.76. The van der Waals surface area contributed by atoms with E-state index in [-0.39, 0.29) is 28.7 Å². The van der Waals surface area contributed by atoms with Crippen molar-refractivity contribution in [3.8, 4) is 0 Å². The number of thiophene rings is 1. The van der Waals surface area contributed by atoms with E-state index in [4.69, 9.17) is 0 Å². The Kier molecular flexibility index (Phi) is 6.18. The van der Waals surface area contributed by atoms with Crippen molar-refractivity contribution in [2.75, 3.05) is 18.0 Å². The molecule has 0 saturated carbocycles. The summed E-state index contributed by atoms with van der Waals surface area (Å²) in [6.45, 7) is 4.65. The number of amides is 2. The van der Waals surface area contributed by atoms with Gasteiger partial charge in [-0.1, -0.05) is 6.07 Å². The lowest BCUT2D eigenvalue weighted by molar-refractivity contribution is -0.126. The molecule has 1 aromatic carbocycles. The zero-order valence-corrected chi connectivity index (χ0v) is 19.3. The minimum absolute atomic E-state index is 0.0127. The summed E-state index contributed by atoms with van der Waals surface area (Å²) in [6, 6.07) is 8.97. The van der Waals surface area contributed by atoms with E-state index in [1.54, 1.807) is 34.4 Å². The van der Waals surface area contributed by atoms with E-state index < -0.39 is 10.0 Å². The Bertz CT molecular complexity index is 1070. The standard InChI is InChI=1S/C22H27N3O4S2/c1-15-12-18-13-20(5-6-21(18)25(15)16(2)26)31(28,29)24-9-7-17(8-10-24)22(27)23-14-19-4-3-11-30-19/h3-6,11,13,15,17H,7-10,12,14H2,1-2H3,(H,23,27)/t15-/m0/s1. The average Bonchev–Trinajstić information content (AvgIpc) is 3.38. The van der Waals surface area contributed by atoms with Crippen molar-refractivity contribution >= 4 is 38.9 Å². The Morgan fingerprint density at radius 2 is 1.94 bits per heavy atom. The molecule has 166 valence electrons. The van der Waals surface area contributed by atoms with Gasteiger partial charge in [0.2, 0.25) is 21.8 Å². The Hall–Kier alpha value is -2.23. The van der Waals surface area contributed by atoms with Crippen molar-refractivity contribution in [2.45, 2.75) is 50.6 Å². The Balaban J connectivity index is 1.40. The molecule has 0 aliphatic carbocycles. The highest BCUT2D eigenvalue weighted by Crippen LogP contribution is 2.35. The lowest BCUT2D eigenvalue weighted by atomic mass is 9.97. The first-order chi connectivity index (χ1) is 14.8. The van der Waals surface area contributed by atoms with Gasteiger partial charge in [-0.25, -0.2) is 8.42 Å². The molecule has 9 heteroatoms. The quantitative estimate of drug-likeness (QED) is 0.742. The van der Waals surface area contributed by atoms with E-state index in [1.165, 1.54) is 11.2 Å². The Morgan fingerprint density at radius 1 is 1.19 bits per heavy atom. The fourth-order valence-electron chi connectivity index (χ4n) is 4.49. The number of nitrogens with zero attached hydrogens (tertiary/aromatic N) is 2. The molecule has 0 unspecified atom stereocenters. The average molecular weight is 462 g/mol. The predicted molar refractivity (Wildman–Crippen MR) is 120 cm³/mol. The lowest BCUT2D eigenvalue weighted by Crippen LogP contribution is -2.42. The molecule has 31 heavy (non-hydrogen) atoms. The molecular formula is C22H27N3O4S2. The minimum atomic E-state index is -3.64. The number of hydrogen-bond acceptors (Lipinski definition) is 5. The third-order valence-electron chi connectivity index (χ3n) is 6.09. The maximum absolute atomic E-state index is 13.2. The van der Waals surface area contributed by atoms with Gasteiger partial charge in [-0.2, -0.15) is 4.31 Å². The highest BCUT2D eigenvalue weighted by molar-refractivity contribution is 7.89. The summed E-state index contributed by atoms with van der Waals surface area (Å²) >= 11 is 1.60.